The van der Waals surface area contributed by atoms with Gasteiger partial charge in [0.15, 0.2) is 12.6 Å². The molecule has 11 heteroatoms. The molecule has 136 valence electrons. The fourth-order valence-corrected chi connectivity index (χ4v) is 2.59. The quantitative estimate of drug-likeness (QED) is 0.242. The number of aliphatic hydroxyl groups excluding tert-OH is 6. The Morgan fingerprint density at radius 1 is 0.696 bits per heavy atom. The summed E-state index contributed by atoms with van der Waals surface area (Å²) in [5.41, 5.74) is 11.3. The molecule has 0 aromatic carbocycles. The van der Waals surface area contributed by atoms with E-state index >= 15 is 0 Å². The van der Waals surface area contributed by atoms with Gasteiger partial charge in [-0.3, -0.25) is 0 Å². The molecule has 0 saturated carbocycles. The highest BCUT2D eigenvalue weighted by Crippen LogP contribution is 2.26. The van der Waals surface area contributed by atoms with Crippen molar-refractivity contribution in [3.8, 4) is 0 Å². The van der Waals surface area contributed by atoms with E-state index in [-0.39, 0.29) is 0 Å². The monoisotopic (exact) mass is 340 g/mol. The maximum Gasteiger partial charge on any atom is 0.188 e. The molecule has 0 aromatic heterocycles. The van der Waals surface area contributed by atoms with Crippen molar-refractivity contribution >= 4 is 0 Å². The number of rotatable bonds is 4. The summed E-state index contributed by atoms with van der Waals surface area (Å²) in [6.45, 7) is -1.12. The van der Waals surface area contributed by atoms with E-state index in [1.807, 2.05) is 0 Å². The zero-order valence-corrected chi connectivity index (χ0v) is 12.3. The Morgan fingerprint density at radius 2 is 1.04 bits per heavy atom. The molecule has 10 N–H and O–H groups in total. The molecule has 0 amide bonds. The summed E-state index contributed by atoms with van der Waals surface area (Å²) >= 11 is 0. The maximum absolute atomic E-state index is 10.00. The fraction of sp³-hybridized carbons (Fsp3) is 1.00. The van der Waals surface area contributed by atoms with Crippen molar-refractivity contribution in [2.75, 3.05) is 13.2 Å². The average Bonchev–Trinajstić information content (AvgIpc) is 2.55. The molecular formula is C12H24N2O9. The molecule has 2 heterocycles. The first-order chi connectivity index (χ1) is 10.8. The fourth-order valence-electron chi connectivity index (χ4n) is 2.59. The van der Waals surface area contributed by atoms with E-state index in [1.54, 1.807) is 0 Å². The van der Waals surface area contributed by atoms with Crippen LogP contribution in [-0.4, -0.2) is 105 Å². The molecule has 0 bridgehead atoms. The van der Waals surface area contributed by atoms with Crippen molar-refractivity contribution in [1.29, 1.82) is 0 Å². The van der Waals surface area contributed by atoms with Gasteiger partial charge in [-0.15, -0.1) is 0 Å². The van der Waals surface area contributed by atoms with E-state index in [2.05, 4.69) is 0 Å². The van der Waals surface area contributed by atoms with Crippen LogP contribution in [0.5, 0.6) is 0 Å². The lowest BCUT2D eigenvalue weighted by Gasteiger charge is -2.45. The second kappa shape index (κ2) is 7.63. The minimum Gasteiger partial charge on any atom is -0.394 e. The Kier molecular flexibility index (Phi) is 6.27. The molecule has 2 aliphatic rings. The molecule has 2 saturated heterocycles. The number of ether oxygens (including phenoxy) is 3. The van der Waals surface area contributed by atoms with Crippen molar-refractivity contribution < 1.29 is 44.8 Å². The summed E-state index contributed by atoms with van der Waals surface area (Å²) in [6, 6.07) is -2.31. The van der Waals surface area contributed by atoms with Crippen molar-refractivity contribution in [1.82, 2.24) is 0 Å². The van der Waals surface area contributed by atoms with Gasteiger partial charge in [-0.05, 0) is 0 Å². The molecule has 11 nitrogen and oxygen atoms in total. The highest BCUT2D eigenvalue weighted by molar-refractivity contribution is 4.95. The SMILES string of the molecule is N[C@H]1[C@H](O)[C@@H](O[C@H]2O[C@H](CO)[C@@H](O)[C@@H](N)[C@@H]2O)O[C@H](CO)[C@H]1O. The topological polar surface area (TPSA) is 201 Å². The highest BCUT2D eigenvalue weighted by atomic mass is 16.8. The van der Waals surface area contributed by atoms with Crippen LogP contribution in [0, 0.1) is 0 Å². The Morgan fingerprint density at radius 3 is 1.35 bits per heavy atom. The summed E-state index contributed by atoms with van der Waals surface area (Å²) in [7, 11) is 0. The molecule has 0 radical (unpaired) electrons. The smallest absolute Gasteiger partial charge is 0.188 e. The minimum absolute atomic E-state index is 0.562. The van der Waals surface area contributed by atoms with Crippen molar-refractivity contribution in [2.45, 2.75) is 61.3 Å². The predicted molar refractivity (Wildman–Crippen MR) is 72.6 cm³/mol. The van der Waals surface area contributed by atoms with Crippen LogP contribution in [0.2, 0.25) is 0 Å². The van der Waals surface area contributed by atoms with Gasteiger partial charge in [0.25, 0.3) is 0 Å². The first-order valence-electron chi connectivity index (χ1n) is 7.23. The van der Waals surface area contributed by atoms with Crippen LogP contribution in [0.3, 0.4) is 0 Å². The zero-order chi connectivity index (χ0) is 17.3. The lowest BCUT2D eigenvalue weighted by Crippen LogP contribution is -2.66. The van der Waals surface area contributed by atoms with Crippen molar-refractivity contribution in [3.05, 3.63) is 0 Å². The summed E-state index contributed by atoms with van der Waals surface area (Å²) in [5, 5.41) is 57.8. The van der Waals surface area contributed by atoms with Gasteiger partial charge in [-0.1, -0.05) is 0 Å². The van der Waals surface area contributed by atoms with Crippen LogP contribution >= 0.6 is 0 Å². The summed E-state index contributed by atoms with van der Waals surface area (Å²) in [5.74, 6) is 0. The van der Waals surface area contributed by atoms with Gasteiger partial charge in [-0.25, -0.2) is 0 Å². The lowest BCUT2D eigenvalue weighted by atomic mass is 9.96. The van der Waals surface area contributed by atoms with E-state index < -0.39 is 74.5 Å². The average molecular weight is 340 g/mol. The Labute approximate surface area is 132 Å². The third-order valence-corrected chi connectivity index (χ3v) is 4.14. The Bertz CT molecular complexity index is 352. The van der Waals surface area contributed by atoms with Crippen molar-refractivity contribution in [3.63, 3.8) is 0 Å². The highest BCUT2D eigenvalue weighted by Gasteiger charge is 2.48. The van der Waals surface area contributed by atoms with E-state index in [9.17, 15) is 20.4 Å². The van der Waals surface area contributed by atoms with Gasteiger partial charge in [-0.2, -0.15) is 0 Å². The summed E-state index contributed by atoms with van der Waals surface area (Å²) in [6.07, 6.45) is -10.5. The van der Waals surface area contributed by atoms with Gasteiger partial charge in [0.1, 0.15) is 36.6 Å². The molecule has 0 unspecified atom stereocenters. The summed E-state index contributed by atoms with van der Waals surface area (Å²) < 4.78 is 15.7. The molecule has 2 aliphatic heterocycles. The third-order valence-electron chi connectivity index (χ3n) is 4.14. The first-order valence-corrected chi connectivity index (χ1v) is 7.23. The van der Waals surface area contributed by atoms with Crippen LogP contribution < -0.4 is 11.5 Å². The number of aliphatic hydroxyl groups is 6. The largest absolute Gasteiger partial charge is 0.394 e. The Balaban J connectivity index is 2.07. The molecule has 23 heavy (non-hydrogen) atoms. The van der Waals surface area contributed by atoms with Gasteiger partial charge >= 0.3 is 0 Å². The predicted octanol–water partition coefficient (Wildman–Crippen LogP) is -5.46. The number of nitrogens with two attached hydrogens (primary N) is 2. The standard InChI is InChI=1S/C12H24N2O9/c13-5-7(17)3(1-15)21-11(9(5)19)23-12-10(20)6(14)8(18)4(2-16)22-12/h3-12,15-20H,1-2,13-14H2/t3-,4-,5-,6-,7-,8-,9+,10+,11-,12-/m1/s1. The Hall–Kier alpha value is -0.440. The lowest BCUT2D eigenvalue weighted by molar-refractivity contribution is -0.358. The molecule has 10 atom stereocenters. The zero-order valence-electron chi connectivity index (χ0n) is 12.3. The number of hydrogen-bond acceptors (Lipinski definition) is 11. The second-order valence-corrected chi connectivity index (χ2v) is 5.70. The van der Waals surface area contributed by atoms with Gasteiger partial charge in [0.05, 0.1) is 25.3 Å². The second-order valence-electron chi connectivity index (χ2n) is 5.70. The molecule has 2 fully saturated rings. The number of hydrogen-bond donors (Lipinski definition) is 8. The van der Waals surface area contributed by atoms with Crippen LogP contribution in [0.25, 0.3) is 0 Å². The third kappa shape index (κ3) is 3.65. The minimum atomic E-state index is -1.46. The summed E-state index contributed by atoms with van der Waals surface area (Å²) in [4.78, 5) is 0. The maximum atomic E-state index is 10.00. The molecule has 0 spiro atoms. The normalized spacial score (nSPS) is 51.7. The first kappa shape index (κ1) is 18.9. The van der Waals surface area contributed by atoms with E-state index in [0.717, 1.165) is 0 Å². The van der Waals surface area contributed by atoms with E-state index in [0.29, 0.717) is 0 Å². The van der Waals surface area contributed by atoms with Crippen LogP contribution in [0.1, 0.15) is 0 Å². The molecule has 2 rings (SSSR count). The van der Waals surface area contributed by atoms with Crippen LogP contribution in [0.15, 0.2) is 0 Å². The van der Waals surface area contributed by atoms with E-state index in [1.165, 1.54) is 0 Å². The van der Waals surface area contributed by atoms with Crippen LogP contribution in [0.4, 0.5) is 0 Å². The van der Waals surface area contributed by atoms with Gasteiger partial charge < -0.3 is 56.3 Å². The van der Waals surface area contributed by atoms with Crippen LogP contribution in [-0.2, 0) is 14.2 Å². The van der Waals surface area contributed by atoms with Gasteiger partial charge in [0.2, 0.25) is 0 Å². The molecule has 0 aliphatic carbocycles. The van der Waals surface area contributed by atoms with Gasteiger partial charge in [0, 0.05) is 0 Å². The van der Waals surface area contributed by atoms with Crippen molar-refractivity contribution in [2.24, 2.45) is 11.5 Å². The van der Waals surface area contributed by atoms with E-state index in [4.69, 9.17) is 35.9 Å². The molecule has 0 aromatic rings. The molecular weight excluding hydrogens is 316 g/mol.